The average molecular weight is 600 g/mol. The lowest BCUT2D eigenvalue weighted by molar-refractivity contribution is -0.131. The number of imidazole rings is 2. The van der Waals surface area contributed by atoms with Crippen molar-refractivity contribution in [3.05, 3.63) is 84.7 Å². The molecule has 5 aromatic rings. The number of alkyl carbamates (subject to hydrolysis) is 1. The first-order valence-corrected chi connectivity index (χ1v) is 15.3. The molecule has 2 fully saturated rings. The zero-order valence-corrected chi connectivity index (χ0v) is 25.1. The van der Waals surface area contributed by atoms with Gasteiger partial charge in [-0.15, -0.1) is 0 Å². The smallest absolute Gasteiger partial charge is 0.407 e. The predicted octanol–water partition coefficient (Wildman–Crippen LogP) is 5.53. The van der Waals surface area contributed by atoms with Crippen LogP contribution in [-0.4, -0.2) is 76.4 Å². The van der Waals surface area contributed by atoms with Crippen LogP contribution in [0.25, 0.3) is 44.4 Å². The van der Waals surface area contributed by atoms with Gasteiger partial charge in [0, 0.05) is 12.1 Å². The van der Waals surface area contributed by atoms with Crippen molar-refractivity contribution in [2.45, 2.75) is 37.8 Å². The Labute approximate surface area is 262 Å². The number of likely N-dealkylation sites (tertiary alicyclic amines) is 1. The molecule has 1 unspecified atom stereocenters. The molecule has 2 aromatic heterocycles. The largest absolute Gasteiger partial charge is 0.453 e. The second-order valence-electron chi connectivity index (χ2n) is 11.7. The van der Waals surface area contributed by atoms with Crippen LogP contribution in [0.15, 0.2) is 73.1 Å². The number of hydrogen-bond donors (Lipinski definition) is 3. The van der Waals surface area contributed by atoms with E-state index in [9.17, 15) is 9.59 Å². The number of fused-ring (bicyclic) bond motifs is 1. The van der Waals surface area contributed by atoms with Gasteiger partial charge in [-0.1, -0.05) is 48.5 Å². The van der Waals surface area contributed by atoms with Gasteiger partial charge in [-0.3, -0.25) is 4.79 Å². The Balaban J connectivity index is 1.05. The molecule has 10 nitrogen and oxygen atoms in total. The van der Waals surface area contributed by atoms with Crippen LogP contribution in [-0.2, 0) is 9.53 Å². The van der Waals surface area contributed by atoms with E-state index in [1.807, 2.05) is 17.2 Å². The molecule has 0 bridgehead atoms. The molecule has 3 aromatic carbocycles. The number of rotatable bonds is 7. The molecule has 0 saturated carbocycles. The number of methoxy groups -OCH3 is 1. The minimum absolute atomic E-state index is 0.104. The number of H-pyrrole nitrogens is 2. The number of benzene rings is 3. The number of ether oxygens (including phenoxy) is 1. The van der Waals surface area contributed by atoms with Crippen molar-refractivity contribution in [1.82, 2.24) is 35.0 Å². The highest BCUT2D eigenvalue weighted by molar-refractivity contribution is 6.04. The van der Waals surface area contributed by atoms with Crippen LogP contribution >= 0.6 is 0 Å². The molecule has 0 aliphatic carbocycles. The van der Waals surface area contributed by atoms with Gasteiger partial charge >= 0.3 is 6.09 Å². The summed E-state index contributed by atoms with van der Waals surface area (Å²) in [5.41, 5.74) is 6.29. The van der Waals surface area contributed by atoms with Gasteiger partial charge < -0.3 is 29.7 Å². The Hall–Kier alpha value is -4.90. The first kappa shape index (κ1) is 28.9. The molecule has 7 rings (SSSR count). The normalized spacial score (nSPS) is 18.5. The van der Waals surface area contributed by atoms with Crippen molar-refractivity contribution in [3.8, 4) is 33.6 Å². The third-order valence-corrected chi connectivity index (χ3v) is 8.94. The van der Waals surface area contributed by atoms with E-state index in [1.54, 1.807) is 4.90 Å². The van der Waals surface area contributed by atoms with E-state index >= 15 is 0 Å². The van der Waals surface area contributed by atoms with Gasteiger partial charge in [0.1, 0.15) is 18.2 Å². The molecule has 2 amide bonds. The standard InChI is InChI=1S/C34H34BN7O3/c1-45-34(44)38-20-31(43)41-14-2-4-29(41)32-36-19-28(40-32)26-13-12-24-16-23(10-11-25(24)17-26)21-6-8-22(9-7-21)27-18-37-33(39-27)30-5-3-15-42(30)35/h6-13,16-19,29-30H,2-5,14-15,20H2,1H3,(H,36,40)(H,37,39)(H,38,44)/t29-,30?/m0/s1. The van der Waals surface area contributed by atoms with Gasteiger partial charge in [0.15, 0.2) is 7.98 Å². The van der Waals surface area contributed by atoms with Crippen molar-refractivity contribution < 1.29 is 14.3 Å². The highest BCUT2D eigenvalue weighted by Crippen LogP contribution is 2.34. The van der Waals surface area contributed by atoms with Gasteiger partial charge in [-0.25, -0.2) is 14.8 Å². The number of carbonyl (C=O) groups excluding carboxylic acids is 2. The highest BCUT2D eigenvalue weighted by Gasteiger charge is 2.32. The van der Waals surface area contributed by atoms with Crippen molar-refractivity contribution in [3.63, 3.8) is 0 Å². The van der Waals surface area contributed by atoms with Crippen LogP contribution in [0.1, 0.15) is 49.4 Å². The topological polar surface area (TPSA) is 119 Å². The fourth-order valence-electron chi connectivity index (χ4n) is 6.49. The summed E-state index contributed by atoms with van der Waals surface area (Å²) in [6.45, 7) is 1.42. The van der Waals surface area contributed by atoms with Crippen LogP contribution in [0.2, 0.25) is 0 Å². The lowest BCUT2D eigenvalue weighted by Crippen LogP contribution is -2.40. The molecule has 2 atom stereocenters. The molecule has 2 saturated heterocycles. The van der Waals surface area contributed by atoms with E-state index in [1.165, 1.54) is 7.11 Å². The third-order valence-electron chi connectivity index (χ3n) is 8.94. The lowest BCUT2D eigenvalue weighted by Gasteiger charge is -2.23. The Kier molecular flexibility index (Phi) is 7.85. The Morgan fingerprint density at radius 1 is 0.822 bits per heavy atom. The number of amides is 2. The average Bonchev–Trinajstić information content (AvgIpc) is 3.90. The maximum absolute atomic E-state index is 12.7. The van der Waals surface area contributed by atoms with E-state index in [2.05, 4.69) is 90.7 Å². The second kappa shape index (κ2) is 12.2. The zero-order valence-electron chi connectivity index (χ0n) is 25.1. The zero-order chi connectivity index (χ0) is 30.9. The first-order valence-electron chi connectivity index (χ1n) is 15.3. The molecule has 0 spiro atoms. The number of nitrogens with zero attached hydrogens (tertiary/aromatic N) is 4. The van der Waals surface area contributed by atoms with E-state index < -0.39 is 6.09 Å². The van der Waals surface area contributed by atoms with Crippen LogP contribution < -0.4 is 5.32 Å². The van der Waals surface area contributed by atoms with Crippen LogP contribution in [0.5, 0.6) is 0 Å². The summed E-state index contributed by atoms with van der Waals surface area (Å²) >= 11 is 0. The molecular weight excluding hydrogens is 565 g/mol. The fraction of sp³-hybridized carbons (Fsp3) is 0.294. The molecule has 2 aliphatic heterocycles. The highest BCUT2D eigenvalue weighted by atomic mass is 16.5. The Bertz CT molecular complexity index is 1850. The van der Waals surface area contributed by atoms with Gasteiger partial charge in [0.2, 0.25) is 5.91 Å². The maximum Gasteiger partial charge on any atom is 0.407 e. The Morgan fingerprint density at radius 3 is 2.09 bits per heavy atom. The van der Waals surface area contributed by atoms with Crippen LogP contribution in [0.4, 0.5) is 4.79 Å². The number of aromatic amines is 2. The molecule has 2 aliphatic rings. The maximum atomic E-state index is 12.7. The summed E-state index contributed by atoms with van der Waals surface area (Å²) in [5, 5.41) is 4.74. The molecule has 45 heavy (non-hydrogen) atoms. The summed E-state index contributed by atoms with van der Waals surface area (Å²) in [6.07, 6.45) is 6.90. The number of hydrogen-bond acceptors (Lipinski definition) is 6. The van der Waals surface area contributed by atoms with Gasteiger partial charge in [-0.05, 0) is 71.8 Å². The van der Waals surface area contributed by atoms with Crippen molar-refractivity contribution in [2.24, 2.45) is 0 Å². The monoisotopic (exact) mass is 599 g/mol. The third kappa shape index (κ3) is 5.83. The first-order chi connectivity index (χ1) is 22.0. The van der Waals surface area contributed by atoms with E-state index in [0.717, 1.165) is 88.3 Å². The molecule has 4 heterocycles. The van der Waals surface area contributed by atoms with E-state index in [0.29, 0.717) is 6.54 Å². The molecule has 3 N–H and O–H groups in total. The van der Waals surface area contributed by atoms with Gasteiger partial charge in [0.25, 0.3) is 0 Å². The SMILES string of the molecule is [B]N1CCCC1c1ncc(-c2ccc(-c3ccc4cc(-c5cnc([C@@H]6CCCN6C(=O)CNC(=O)OC)[nH]5)ccc4c3)cc2)[nH]1. The summed E-state index contributed by atoms with van der Waals surface area (Å²) in [4.78, 5) is 43.9. The number of aromatic nitrogens is 4. The van der Waals surface area contributed by atoms with Crippen molar-refractivity contribution >= 4 is 30.8 Å². The summed E-state index contributed by atoms with van der Waals surface area (Å²) < 4.78 is 4.58. The number of carbonyl (C=O) groups is 2. The second-order valence-corrected chi connectivity index (χ2v) is 11.7. The van der Waals surface area contributed by atoms with Crippen molar-refractivity contribution in [1.29, 1.82) is 0 Å². The van der Waals surface area contributed by atoms with Crippen molar-refractivity contribution in [2.75, 3.05) is 26.7 Å². The minimum Gasteiger partial charge on any atom is -0.453 e. The Morgan fingerprint density at radius 2 is 1.40 bits per heavy atom. The predicted molar refractivity (Wildman–Crippen MR) is 173 cm³/mol. The molecule has 11 heteroatoms. The summed E-state index contributed by atoms with van der Waals surface area (Å²) in [7, 11) is 7.40. The van der Waals surface area contributed by atoms with Crippen LogP contribution in [0.3, 0.4) is 0 Å². The van der Waals surface area contributed by atoms with Gasteiger partial charge in [0.05, 0.1) is 43.0 Å². The summed E-state index contributed by atoms with van der Waals surface area (Å²) in [5.74, 6) is 1.52. The van der Waals surface area contributed by atoms with Crippen LogP contribution in [0, 0.1) is 0 Å². The fourth-order valence-corrected chi connectivity index (χ4v) is 6.49. The van der Waals surface area contributed by atoms with E-state index in [4.69, 9.17) is 7.98 Å². The summed E-state index contributed by atoms with van der Waals surface area (Å²) in [6, 6.07) is 21.4. The van der Waals surface area contributed by atoms with E-state index in [-0.39, 0.29) is 24.5 Å². The van der Waals surface area contributed by atoms with Gasteiger partial charge in [-0.2, -0.15) is 0 Å². The molecular formula is C34H34BN7O3. The lowest BCUT2D eigenvalue weighted by atomic mass is 9.98. The quantitative estimate of drug-likeness (QED) is 0.212. The molecule has 226 valence electrons. The molecule has 2 radical (unpaired) electrons. The number of nitrogens with one attached hydrogen (secondary N) is 3. The minimum atomic E-state index is -0.622.